The van der Waals surface area contributed by atoms with Crippen LogP contribution in [0, 0.1) is 12.8 Å². The van der Waals surface area contributed by atoms with Gasteiger partial charge in [-0.25, -0.2) is 0 Å². The Kier molecular flexibility index (Phi) is 2.84. The largest absolute Gasteiger partial charge is 0.353 e. The maximum Gasteiger partial charge on any atom is 0.255 e. The van der Waals surface area contributed by atoms with Crippen LogP contribution in [0.4, 0.5) is 5.82 Å². The fourth-order valence-corrected chi connectivity index (χ4v) is 4.05. The molecule has 0 spiro atoms. The van der Waals surface area contributed by atoms with E-state index in [1.807, 2.05) is 11.4 Å². The van der Waals surface area contributed by atoms with E-state index in [0.29, 0.717) is 17.0 Å². The van der Waals surface area contributed by atoms with Gasteiger partial charge in [0.1, 0.15) is 17.3 Å². The van der Waals surface area contributed by atoms with Crippen LogP contribution in [0.5, 0.6) is 0 Å². The Morgan fingerprint density at radius 2 is 2.10 bits per heavy atom. The van der Waals surface area contributed by atoms with E-state index in [-0.39, 0.29) is 0 Å². The van der Waals surface area contributed by atoms with Crippen LogP contribution in [0.3, 0.4) is 0 Å². The molecule has 1 saturated heterocycles. The molecule has 4 rings (SSSR count). The SMILES string of the molecule is Cc1c(Cl)nc2ncnn2c1N1CCC2CCCCC21. The van der Waals surface area contributed by atoms with E-state index >= 15 is 0 Å². The number of anilines is 1. The number of aromatic nitrogens is 4. The molecule has 2 aliphatic rings. The summed E-state index contributed by atoms with van der Waals surface area (Å²) >= 11 is 6.28. The highest BCUT2D eigenvalue weighted by Gasteiger charge is 2.37. The molecule has 2 unspecified atom stereocenters. The average Bonchev–Trinajstić information content (AvgIpc) is 3.07. The molecule has 106 valence electrons. The van der Waals surface area contributed by atoms with Gasteiger partial charge in [-0.1, -0.05) is 24.4 Å². The number of hydrogen-bond acceptors (Lipinski definition) is 4. The van der Waals surface area contributed by atoms with Gasteiger partial charge in [0.05, 0.1) is 0 Å². The fourth-order valence-electron chi connectivity index (χ4n) is 3.89. The number of nitrogens with zero attached hydrogens (tertiary/aromatic N) is 5. The van der Waals surface area contributed by atoms with Gasteiger partial charge in [-0.2, -0.15) is 19.6 Å². The monoisotopic (exact) mass is 291 g/mol. The van der Waals surface area contributed by atoms with Crippen LogP contribution in [0.15, 0.2) is 6.33 Å². The van der Waals surface area contributed by atoms with Crippen molar-refractivity contribution in [3.63, 3.8) is 0 Å². The Morgan fingerprint density at radius 3 is 3.00 bits per heavy atom. The molecule has 0 radical (unpaired) electrons. The lowest BCUT2D eigenvalue weighted by Gasteiger charge is -2.33. The minimum Gasteiger partial charge on any atom is -0.353 e. The van der Waals surface area contributed by atoms with E-state index in [1.165, 1.54) is 32.1 Å². The van der Waals surface area contributed by atoms with Crippen LogP contribution in [-0.4, -0.2) is 32.2 Å². The lowest BCUT2D eigenvalue weighted by atomic mass is 9.85. The Labute approximate surface area is 123 Å². The first-order chi connectivity index (χ1) is 9.75. The molecule has 2 atom stereocenters. The minimum absolute atomic E-state index is 0.541. The molecule has 1 saturated carbocycles. The normalized spacial score (nSPS) is 26.2. The van der Waals surface area contributed by atoms with Gasteiger partial charge in [-0.3, -0.25) is 0 Å². The third kappa shape index (κ3) is 1.72. The average molecular weight is 292 g/mol. The number of fused-ring (bicyclic) bond motifs is 2. The predicted molar refractivity (Wildman–Crippen MR) is 78.2 cm³/mol. The first-order valence-electron chi connectivity index (χ1n) is 7.38. The van der Waals surface area contributed by atoms with E-state index in [4.69, 9.17) is 11.6 Å². The fraction of sp³-hybridized carbons (Fsp3) is 0.643. The minimum atomic E-state index is 0.541. The molecule has 5 nitrogen and oxygen atoms in total. The highest BCUT2D eigenvalue weighted by atomic mass is 35.5. The Hall–Kier alpha value is -1.36. The van der Waals surface area contributed by atoms with Gasteiger partial charge in [0.2, 0.25) is 0 Å². The smallest absolute Gasteiger partial charge is 0.255 e. The molecular weight excluding hydrogens is 274 g/mol. The van der Waals surface area contributed by atoms with E-state index in [9.17, 15) is 0 Å². The molecule has 0 amide bonds. The number of halogens is 1. The molecular formula is C14H18ClN5. The summed E-state index contributed by atoms with van der Waals surface area (Å²) in [6.45, 7) is 3.12. The summed E-state index contributed by atoms with van der Waals surface area (Å²) in [5.74, 6) is 2.51. The summed E-state index contributed by atoms with van der Waals surface area (Å²) in [4.78, 5) is 11.0. The summed E-state index contributed by atoms with van der Waals surface area (Å²) in [5.41, 5.74) is 1.01. The van der Waals surface area contributed by atoms with Crippen LogP contribution < -0.4 is 4.90 Å². The highest BCUT2D eigenvalue weighted by Crippen LogP contribution is 2.40. The van der Waals surface area contributed by atoms with Crippen molar-refractivity contribution in [2.75, 3.05) is 11.4 Å². The van der Waals surface area contributed by atoms with Crippen molar-refractivity contribution < 1.29 is 0 Å². The lowest BCUT2D eigenvalue weighted by Crippen LogP contribution is -2.36. The Bertz CT molecular complexity index is 652. The first kappa shape index (κ1) is 12.4. The van der Waals surface area contributed by atoms with Gasteiger partial charge >= 0.3 is 0 Å². The second kappa shape index (κ2) is 4.58. The van der Waals surface area contributed by atoms with E-state index in [1.54, 1.807) is 6.33 Å². The maximum absolute atomic E-state index is 6.28. The molecule has 1 aliphatic carbocycles. The van der Waals surface area contributed by atoms with Gasteiger partial charge in [-0.05, 0) is 32.1 Å². The van der Waals surface area contributed by atoms with Gasteiger partial charge < -0.3 is 4.90 Å². The first-order valence-corrected chi connectivity index (χ1v) is 7.76. The zero-order valence-electron chi connectivity index (χ0n) is 11.6. The summed E-state index contributed by atoms with van der Waals surface area (Å²) in [6.07, 6.45) is 8.18. The molecule has 20 heavy (non-hydrogen) atoms. The summed E-state index contributed by atoms with van der Waals surface area (Å²) < 4.78 is 1.85. The van der Waals surface area contributed by atoms with Crippen LogP contribution in [0.1, 0.15) is 37.7 Å². The summed E-state index contributed by atoms with van der Waals surface area (Å²) in [5, 5.41) is 4.89. The predicted octanol–water partition coefficient (Wildman–Crippen LogP) is 2.86. The molecule has 3 heterocycles. The van der Waals surface area contributed by atoms with Crippen molar-refractivity contribution in [3.8, 4) is 0 Å². The summed E-state index contributed by atoms with van der Waals surface area (Å²) in [6, 6.07) is 0.633. The number of rotatable bonds is 1. The topological polar surface area (TPSA) is 46.3 Å². The highest BCUT2D eigenvalue weighted by molar-refractivity contribution is 6.30. The van der Waals surface area contributed by atoms with Crippen LogP contribution in [0.25, 0.3) is 5.78 Å². The second-order valence-electron chi connectivity index (χ2n) is 5.92. The molecule has 1 aliphatic heterocycles. The van der Waals surface area contributed by atoms with Gasteiger partial charge in [0, 0.05) is 18.2 Å². The van der Waals surface area contributed by atoms with E-state index in [2.05, 4.69) is 20.0 Å². The van der Waals surface area contributed by atoms with Crippen molar-refractivity contribution >= 4 is 23.2 Å². The molecule has 0 N–H and O–H groups in total. The Balaban J connectivity index is 1.85. The van der Waals surface area contributed by atoms with Gasteiger partial charge in [0.25, 0.3) is 5.78 Å². The van der Waals surface area contributed by atoms with Crippen molar-refractivity contribution in [1.29, 1.82) is 0 Å². The molecule has 2 aromatic heterocycles. The Morgan fingerprint density at radius 1 is 1.25 bits per heavy atom. The van der Waals surface area contributed by atoms with Crippen LogP contribution in [-0.2, 0) is 0 Å². The zero-order valence-corrected chi connectivity index (χ0v) is 12.3. The van der Waals surface area contributed by atoms with E-state index in [0.717, 1.165) is 23.8 Å². The summed E-state index contributed by atoms with van der Waals surface area (Å²) in [7, 11) is 0. The maximum atomic E-state index is 6.28. The standard InChI is InChI=1S/C14H18ClN5/c1-9-12(15)18-14-16-8-17-20(14)13(9)19-7-6-10-4-2-3-5-11(10)19/h8,10-11H,2-7H2,1H3. The third-order valence-electron chi connectivity index (χ3n) is 4.86. The van der Waals surface area contributed by atoms with Crippen molar-refractivity contribution in [1.82, 2.24) is 19.6 Å². The van der Waals surface area contributed by atoms with Crippen molar-refractivity contribution in [2.45, 2.75) is 45.1 Å². The van der Waals surface area contributed by atoms with Gasteiger partial charge in [0.15, 0.2) is 0 Å². The number of hydrogen-bond donors (Lipinski definition) is 0. The van der Waals surface area contributed by atoms with E-state index < -0.39 is 0 Å². The molecule has 0 bridgehead atoms. The second-order valence-corrected chi connectivity index (χ2v) is 6.28. The van der Waals surface area contributed by atoms with Crippen molar-refractivity contribution in [2.24, 2.45) is 5.92 Å². The molecule has 0 aromatic carbocycles. The zero-order chi connectivity index (χ0) is 13.7. The third-order valence-corrected chi connectivity index (χ3v) is 5.22. The van der Waals surface area contributed by atoms with Gasteiger partial charge in [-0.15, -0.1) is 0 Å². The molecule has 6 heteroatoms. The quantitative estimate of drug-likeness (QED) is 0.758. The van der Waals surface area contributed by atoms with Crippen LogP contribution in [0.2, 0.25) is 5.15 Å². The van der Waals surface area contributed by atoms with Crippen LogP contribution >= 0.6 is 11.6 Å². The lowest BCUT2D eigenvalue weighted by molar-refractivity contribution is 0.341. The van der Waals surface area contributed by atoms with Crippen molar-refractivity contribution in [3.05, 3.63) is 17.0 Å². The molecule has 2 aromatic rings. The molecule has 2 fully saturated rings.